The van der Waals surface area contributed by atoms with Crippen molar-refractivity contribution < 1.29 is 34.4 Å². The van der Waals surface area contributed by atoms with E-state index in [1.54, 1.807) is 0 Å². The number of phenolic OH excluding ortho intramolecular Hbond substituents is 1. The van der Waals surface area contributed by atoms with E-state index in [4.69, 9.17) is 17.0 Å². The summed E-state index contributed by atoms with van der Waals surface area (Å²) in [5, 5.41) is 31.5. The summed E-state index contributed by atoms with van der Waals surface area (Å²) in [5.41, 5.74) is 0.528. The molecule has 2 rings (SSSR count). The van der Waals surface area contributed by atoms with Crippen LogP contribution in [-0.4, -0.2) is 45.3 Å². The molecule has 1 aliphatic heterocycles. The minimum Gasteiger partial charge on any atom is -0.550 e. The van der Waals surface area contributed by atoms with Crippen molar-refractivity contribution in [2.45, 2.75) is 18.9 Å². The number of aromatic hydroxyl groups is 1. The van der Waals surface area contributed by atoms with Gasteiger partial charge in [-0.2, -0.15) is 0 Å². The van der Waals surface area contributed by atoms with Crippen LogP contribution >= 0.6 is 24.0 Å². The van der Waals surface area contributed by atoms with Gasteiger partial charge in [-0.15, -0.1) is 0 Å². The number of thiocarbonyl (C=S) groups is 1. The highest BCUT2D eigenvalue weighted by Crippen LogP contribution is 2.36. The van der Waals surface area contributed by atoms with Gasteiger partial charge in [0.25, 0.3) is 5.91 Å². The second kappa shape index (κ2) is 8.19. The lowest BCUT2D eigenvalue weighted by molar-refractivity contribution is -0.311. The fourth-order valence-corrected chi connectivity index (χ4v) is 3.65. The first-order valence-electron chi connectivity index (χ1n) is 7.29. The molecule has 1 fully saturated rings. The smallest absolute Gasteiger partial charge is 0.266 e. The van der Waals surface area contributed by atoms with Crippen LogP contribution in [0, 0.1) is 0 Å². The predicted molar refractivity (Wildman–Crippen MR) is 92.7 cm³/mol. The summed E-state index contributed by atoms with van der Waals surface area (Å²) in [6, 6.07) is 2.92. The van der Waals surface area contributed by atoms with Crippen molar-refractivity contribution >= 4 is 52.2 Å². The summed E-state index contributed by atoms with van der Waals surface area (Å²) < 4.78 is 4.97. The van der Waals surface area contributed by atoms with Crippen molar-refractivity contribution in [3.63, 3.8) is 0 Å². The van der Waals surface area contributed by atoms with Crippen LogP contribution in [0.4, 0.5) is 0 Å². The number of carbonyl (C=O) groups excluding carboxylic acids is 3. The van der Waals surface area contributed by atoms with E-state index in [-0.39, 0.29) is 27.1 Å². The van der Waals surface area contributed by atoms with Gasteiger partial charge in [0.15, 0.2) is 11.5 Å². The molecule has 0 aliphatic carbocycles. The molecule has 0 unspecified atom stereocenters. The normalized spacial score (nSPS) is 16.8. The molecular formula is C16H13NO7S2-2. The van der Waals surface area contributed by atoms with E-state index in [0.29, 0.717) is 5.56 Å². The molecule has 26 heavy (non-hydrogen) atoms. The molecule has 1 aromatic rings. The Morgan fingerprint density at radius 1 is 1.42 bits per heavy atom. The Labute approximate surface area is 158 Å². The molecular weight excluding hydrogens is 382 g/mol. The summed E-state index contributed by atoms with van der Waals surface area (Å²) >= 11 is 5.95. The van der Waals surface area contributed by atoms with Gasteiger partial charge < -0.3 is 29.6 Å². The van der Waals surface area contributed by atoms with Gasteiger partial charge in [0, 0.05) is 5.97 Å². The highest BCUT2D eigenvalue weighted by molar-refractivity contribution is 8.26. The van der Waals surface area contributed by atoms with E-state index < -0.39 is 30.3 Å². The monoisotopic (exact) mass is 395 g/mol. The summed E-state index contributed by atoms with van der Waals surface area (Å²) in [6.45, 7) is 0. The molecule has 0 bridgehead atoms. The number of carboxylic acid groups (broad SMARTS) is 2. The number of thioether (sulfide) groups is 1. The zero-order valence-corrected chi connectivity index (χ0v) is 15.1. The number of hydrogen-bond donors (Lipinski definition) is 1. The molecule has 0 radical (unpaired) electrons. The van der Waals surface area contributed by atoms with Gasteiger partial charge in [-0.1, -0.05) is 30.0 Å². The van der Waals surface area contributed by atoms with Crippen molar-refractivity contribution in [1.29, 1.82) is 0 Å². The number of phenols is 1. The molecule has 138 valence electrons. The minimum atomic E-state index is -1.60. The molecule has 0 aromatic heterocycles. The summed E-state index contributed by atoms with van der Waals surface area (Å²) in [6.07, 6.45) is 0.535. The van der Waals surface area contributed by atoms with Gasteiger partial charge in [0.2, 0.25) is 0 Å². The molecule has 0 saturated carbocycles. The number of carboxylic acids is 2. The van der Waals surface area contributed by atoms with Crippen LogP contribution < -0.4 is 14.9 Å². The number of nitrogens with zero attached hydrogens (tertiary/aromatic N) is 1. The molecule has 1 saturated heterocycles. The fourth-order valence-electron chi connectivity index (χ4n) is 2.29. The van der Waals surface area contributed by atoms with Crippen molar-refractivity contribution in [1.82, 2.24) is 4.90 Å². The number of methoxy groups -OCH3 is 1. The van der Waals surface area contributed by atoms with Crippen LogP contribution in [0.25, 0.3) is 6.08 Å². The average Bonchev–Trinajstić information content (AvgIpc) is 2.84. The topological polar surface area (TPSA) is 130 Å². The largest absolute Gasteiger partial charge is 0.550 e. The summed E-state index contributed by atoms with van der Waals surface area (Å²) in [7, 11) is 1.38. The molecule has 1 amide bonds. The molecule has 1 aliphatic rings. The number of ether oxygens (including phenoxy) is 1. The minimum absolute atomic E-state index is 0.0143. The Balaban J connectivity index is 2.29. The second-order valence-corrected chi connectivity index (χ2v) is 6.90. The second-order valence-electron chi connectivity index (χ2n) is 5.23. The van der Waals surface area contributed by atoms with Crippen LogP contribution in [0.1, 0.15) is 18.4 Å². The van der Waals surface area contributed by atoms with Gasteiger partial charge in [-0.05, 0) is 36.6 Å². The standard InChI is InChI=1S/C16H15NO7S2/c1-24-11-6-8(2-4-10(11)18)7-12-14(21)17(16(25)26-12)9(15(22)23)3-5-13(19)20/h2,4,6-7,9,18H,3,5H2,1H3,(H,19,20)(H,22,23)/p-2/b12-7+/t9-/m1/s1. The average molecular weight is 395 g/mol. The highest BCUT2D eigenvalue weighted by Gasteiger charge is 2.37. The maximum absolute atomic E-state index is 12.5. The van der Waals surface area contributed by atoms with E-state index in [2.05, 4.69) is 0 Å². The Bertz CT molecular complexity index is 806. The zero-order valence-electron chi connectivity index (χ0n) is 13.5. The first kappa shape index (κ1) is 19.7. The highest BCUT2D eigenvalue weighted by atomic mass is 32.2. The quantitative estimate of drug-likeness (QED) is 0.468. The Hall–Kier alpha value is -2.59. The van der Waals surface area contributed by atoms with Crippen LogP contribution in [0.3, 0.4) is 0 Å². The molecule has 1 heterocycles. The third kappa shape index (κ3) is 4.33. The number of rotatable bonds is 7. The van der Waals surface area contributed by atoms with Gasteiger partial charge in [0.1, 0.15) is 4.32 Å². The maximum Gasteiger partial charge on any atom is 0.266 e. The van der Waals surface area contributed by atoms with Gasteiger partial charge in [0.05, 0.1) is 24.0 Å². The lowest BCUT2D eigenvalue weighted by Gasteiger charge is -2.27. The Morgan fingerprint density at radius 2 is 2.12 bits per heavy atom. The van der Waals surface area contributed by atoms with E-state index in [0.717, 1.165) is 16.7 Å². The van der Waals surface area contributed by atoms with Gasteiger partial charge in [-0.3, -0.25) is 9.69 Å². The predicted octanol–water partition coefficient (Wildman–Crippen LogP) is -0.749. The molecule has 10 heteroatoms. The van der Waals surface area contributed by atoms with Crippen LogP contribution in [-0.2, 0) is 14.4 Å². The first-order valence-corrected chi connectivity index (χ1v) is 8.51. The first-order chi connectivity index (χ1) is 12.2. The lowest BCUT2D eigenvalue weighted by Crippen LogP contribution is -2.50. The van der Waals surface area contributed by atoms with Crippen molar-refractivity contribution in [2.24, 2.45) is 0 Å². The number of carbonyl (C=O) groups is 3. The number of hydrogen-bond acceptors (Lipinski definition) is 9. The number of aliphatic carboxylic acids is 2. The lowest BCUT2D eigenvalue weighted by atomic mass is 10.1. The third-order valence-corrected chi connectivity index (χ3v) is 4.86. The van der Waals surface area contributed by atoms with Crippen LogP contribution in [0.15, 0.2) is 23.1 Å². The zero-order chi connectivity index (χ0) is 19.4. The van der Waals surface area contributed by atoms with Gasteiger partial charge >= 0.3 is 0 Å². The van der Waals surface area contributed by atoms with Crippen molar-refractivity contribution in [2.75, 3.05) is 7.11 Å². The van der Waals surface area contributed by atoms with E-state index in [1.165, 1.54) is 31.4 Å². The van der Waals surface area contributed by atoms with Crippen LogP contribution in [0.5, 0.6) is 11.5 Å². The number of amides is 1. The van der Waals surface area contributed by atoms with Crippen molar-refractivity contribution in [3.8, 4) is 11.5 Å². The molecule has 0 spiro atoms. The molecule has 1 N–H and O–H groups in total. The molecule has 8 nitrogen and oxygen atoms in total. The van der Waals surface area contributed by atoms with Crippen molar-refractivity contribution in [3.05, 3.63) is 28.7 Å². The van der Waals surface area contributed by atoms with Gasteiger partial charge in [-0.25, -0.2) is 0 Å². The third-order valence-electron chi connectivity index (χ3n) is 3.53. The van der Waals surface area contributed by atoms with E-state index in [9.17, 15) is 29.7 Å². The fraction of sp³-hybridized carbons (Fsp3) is 0.250. The SMILES string of the molecule is COc1cc(/C=C2/SC(=S)N([C@H](CCC(=O)[O-])C(=O)[O-])C2=O)ccc1O. The van der Waals surface area contributed by atoms with E-state index >= 15 is 0 Å². The number of benzene rings is 1. The van der Waals surface area contributed by atoms with Crippen LogP contribution in [0.2, 0.25) is 0 Å². The summed E-state index contributed by atoms with van der Waals surface area (Å²) in [4.78, 5) is 35.5. The molecule has 1 aromatic carbocycles. The Kier molecular flexibility index (Phi) is 6.22. The molecule has 1 atom stereocenters. The van der Waals surface area contributed by atoms with E-state index in [1.807, 2.05) is 0 Å². The maximum atomic E-state index is 12.5. The summed E-state index contributed by atoms with van der Waals surface area (Å²) in [5.74, 6) is -3.57. The Morgan fingerprint density at radius 3 is 2.69 bits per heavy atom.